The maximum absolute atomic E-state index is 13.2. The molecule has 0 saturated carbocycles. The van der Waals surface area contributed by atoms with Crippen molar-refractivity contribution in [1.29, 1.82) is 0 Å². The Hall–Kier alpha value is -1.96. The number of esters is 1. The number of nitrogens with one attached hydrogen (secondary N) is 1. The van der Waals surface area contributed by atoms with Gasteiger partial charge in [-0.2, -0.15) is 0 Å². The number of imide groups is 1. The van der Waals surface area contributed by atoms with Gasteiger partial charge in [-0.15, -0.1) is 0 Å². The number of rotatable bonds is 4. The summed E-state index contributed by atoms with van der Waals surface area (Å²) < 4.78 is 42.8. The summed E-state index contributed by atoms with van der Waals surface area (Å²) in [4.78, 5) is 42.0. The molecule has 1 N–H and O–H groups in total. The van der Waals surface area contributed by atoms with Crippen LogP contribution in [0.1, 0.15) is 36.3 Å². The van der Waals surface area contributed by atoms with Gasteiger partial charge in [-0.3, -0.25) is 0 Å². The molecule has 1 fully saturated rings. The minimum absolute atomic E-state index is 0.0912. The molecule has 24 heavy (non-hydrogen) atoms. The third kappa shape index (κ3) is 3.75. The molecule has 0 spiro atoms. The number of carbonyl (C=O) groups is 3. The molecule has 1 aliphatic rings. The van der Waals surface area contributed by atoms with Crippen LogP contribution in [0.5, 0.6) is 0 Å². The van der Waals surface area contributed by atoms with E-state index >= 15 is 0 Å². The summed E-state index contributed by atoms with van der Waals surface area (Å²) in [5.74, 6) is -2.19. The number of hydrogen-bond acceptors (Lipinski definition) is 6. The summed E-state index contributed by atoms with van der Waals surface area (Å²) in [7, 11) is 0. The number of aromatic nitrogens is 2. The van der Waals surface area contributed by atoms with Gasteiger partial charge in [0, 0.05) is 0 Å². The van der Waals surface area contributed by atoms with Gasteiger partial charge in [0.15, 0.2) is 0 Å². The van der Waals surface area contributed by atoms with Crippen LogP contribution in [0.3, 0.4) is 0 Å². The van der Waals surface area contributed by atoms with E-state index < -0.39 is 55.2 Å². The summed E-state index contributed by atoms with van der Waals surface area (Å²) in [5, 5.41) is 2.12. The van der Waals surface area contributed by atoms with Gasteiger partial charge in [0.05, 0.1) is 0 Å². The Morgan fingerprint density at radius 3 is 2.62 bits per heavy atom. The molecule has 2 heterocycles. The van der Waals surface area contributed by atoms with Crippen LogP contribution in [0.4, 0.5) is 13.2 Å². The zero-order valence-corrected chi connectivity index (χ0v) is 14.8. The average Bonchev–Trinajstić information content (AvgIpc) is 2.70. The first kappa shape index (κ1) is 18.4. The molecule has 2 amide bonds. The van der Waals surface area contributed by atoms with Gasteiger partial charge in [0.2, 0.25) is 0 Å². The van der Waals surface area contributed by atoms with Crippen molar-refractivity contribution in [2.45, 2.75) is 30.6 Å². The first-order valence-electron chi connectivity index (χ1n) is 6.80. The number of hydrogen-bond donors (Lipinski definition) is 1. The average molecular weight is 407 g/mol. The van der Waals surface area contributed by atoms with E-state index in [0.717, 1.165) is 6.20 Å². The van der Waals surface area contributed by atoms with Gasteiger partial charge in [0.1, 0.15) is 0 Å². The summed E-state index contributed by atoms with van der Waals surface area (Å²) in [6.07, 6.45) is -4.23. The van der Waals surface area contributed by atoms with Gasteiger partial charge >= 0.3 is 140 Å². The monoisotopic (exact) mass is 407 g/mol. The molecule has 1 aliphatic heterocycles. The Morgan fingerprint density at radius 2 is 2.12 bits per heavy atom. The summed E-state index contributed by atoms with van der Waals surface area (Å²) in [6.45, 7) is 2.86. The number of halogens is 3. The van der Waals surface area contributed by atoms with Crippen LogP contribution in [0, 0.1) is 0 Å². The predicted octanol–water partition coefficient (Wildman–Crippen LogP) is -0.0410. The summed E-state index contributed by atoms with van der Waals surface area (Å²) in [5.41, 5.74) is -2.18. The quantitative estimate of drug-likeness (QED) is 0.428. The minimum atomic E-state index is -4.87. The molecule has 2 rings (SSSR count). The van der Waals surface area contributed by atoms with E-state index in [2.05, 4.69) is 20.0 Å². The first-order chi connectivity index (χ1) is 11.1. The Morgan fingerprint density at radius 1 is 1.46 bits per heavy atom. The number of carbonyl (C=O) groups excluding carboxylic acids is 3. The van der Waals surface area contributed by atoms with Crippen LogP contribution in [-0.2, 0) is 20.5 Å². The third-order valence-corrected chi connectivity index (χ3v) is 6.19. The molecular weight excluding hydrogens is 394 g/mol. The summed E-state index contributed by atoms with van der Waals surface area (Å²) >= 11 is -1.60. The Bertz CT molecular complexity index is 710. The van der Waals surface area contributed by atoms with Crippen molar-refractivity contribution in [2.75, 3.05) is 6.61 Å². The Kier molecular flexibility index (Phi) is 4.98. The summed E-state index contributed by atoms with van der Waals surface area (Å²) in [6, 6.07) is 0. The molecular formula is C13H13AsF3N3O4. The number of alkyl halides is 3. The van der Waals surface area contributed by atoms with Crippen molar-refractivity contribution < 1.29 is 32.3 Å². The molecule has 2 atom stereocenters. The Labute approximate surface area is 141 Å². The number of amides is 2. The fraction of sp³-hybridized carbons (Fsp3) is 0.462. The second-order valence-corrected chi connectivity index (χ2v) is 8.96. The second-order valence-electron chi connectivity index (χ2n) is 5.19. The zero-order valence-electron chi connectivity index (χ0n) is 12.7. The van der Waals surface area contributed by atoms with Crippen molar-refractivity contribution in [3.63, 3.8) is 0 Å². The predicted molar refractivity (Wildman–Crippen MR) is 75.9 cm³/mol. The van der Waals surface area contributed by atoms with E-state index in [1.807, 2.05) is 0 Å². The zero-order chi connectivity index (χ0) is 18.1. The molecule has 1 aromatic rings. The fourth-order valence-corrected chi connectivity index (χ4v) is 4.62. The van der Waals surface area contributed by atoms with Crippen molar-refractivity contribution in [3.05, 3.63) is 17.5 Å². The first-order valence-corrected chi connectivity index (χ1v) is 8.90. The fourth-order valence-electron chi connectivity index (χ4n) is 2.07. The van der Waals surface area contributed by atoms with Gasteiger partial charge in [0.25, 0.3) is 0 Å². The molecule has 2 unspecified atom stereocenters. The second kappa shape index (κ2) is 6.50. The molecule has 0 radical (unpaired) electrons. The van der Waals surface area contributed by atoms with E-state index in [9.17, 15) is 27.6 Å². The molecule has 7 nitrogen and oxygen atoms in total. The van der Waals surface area contributed by atoms with Crippen molar-refractivity contribution >= 4 is 38.1 Å². The van der Waals surface area contributed by atoms with Crippen molar-refractivity contribution in [3.8, 4) is 0 Å². The van der Waals surface area contributed by atoms with E-state index in [-0.39, 0.29) is 17.6 Å². The molecule has 1 saturated heterocycles. The molecule has 130 valence electrons. The van der Waals surface area contributed by atoms with E-state index in [0.29, 0.717) is 0 Å². The van der Waals surface area contributed by atoms with E-state index in [1.54, 1.807) is 0 Å². The van der Waals surface area contributed by atoms with Crippen LogP contribution in [0.2, 0.25) is 4.20 Å². The van der Waals surface area contributed by atoms with E-state index in [1.165, 1.54) is 13.8 Å². The van der Waals surface area contributed by atoms with Crippen LogP contribution < -0.4 is 9.93 Å². The number of nitrogens with zero attached hydrogens (tertiary/aromatic N) is 2. The normalized spacial score (nSPS) is 21.4. The van der Waals surface area contributed by atoms with Crippen LogP contribution in [-0.4, -0.2) is 50.1 Å². The van der Waals surface area contributed by atoms with E-state index in [4.69, 9.17) is 0 Å². The SMILES string of the molecule is CCOC(=O)c1cnc([AsH]C2(C)CC(=O)NC2=O)nc1C(F)(F)F. The van der Waals surface area contributed by atoms with Gasteiger partial charge < -0.3 is 0 Å². The molecule has 11 heteroatoms. The van der Waals surface area contributed by atoms with Crippen LogP contribution in [0.25, 0.3) is 0 Å². The molecule has 0 bridgehead atoms. The van der Waals surface area contributed by atoms with Crippen LogP contribution >= 0.6 is 0 Å². The van der Waals surface area contributed by atoms with Crippen molar-refractivity contribution in [2.24, 2.45) is 0 Å². The Balaban J connectivity index is 2.38. The topological polar surface area (TPSA) is 98.2 Å². The van der Waals surface area contributed by atoms with Gasteiger partial charge in [-0.1, -0.05) is 0 Å². The molecule has 0 aromatic carbocycles. The third-order valence-electron chi connectivity index (χ3n) is 3.21. The van der Waals surface area contributed by atoms with Crippen molar-refractivity contribution in [1.82, 2.24) is 15.3 Å². The van der Waals surface area contributed by atoms with Gasteiger partial charge in [-0.25, -0.2) is 0 Å². The standard InChI is InChI=1S/C13H13AsF3N3O4/c1-3-24-9(22)6-5-18-11(20-8(6)13(15,16)17)14-12(2)4-7(21)19-10(12)23/h5,14H,3-4H2,1-2H3,(H,19,21,23). The van der Waals surface area contributed by atoms with Gasteiger partial charge in [-0.05, 0) is 0 Å². The molecule has 0 aliphatic carbocycles. The number of ether oxygens (including phenoxy) is 1. The molecule has 1 aromatic heterocycles. The maximum atomic E-state index is 13.2. The van der Waals surface area contributed by atoms with Crippen LogP contribution in [0.15, 0.2) is 6.20 Å².